The van der Waals surface area contributed by atoms with Gasteiger partial charge in [-0.3, -0.25) is 15.0 Å². The van der Waals surface area contributed by atoms with Crippen LogP contribution in [-0.4, -0.2) is 38.7 Å². The first-order chi connectivity index (χ1) is 11.5. The van der Waals surface area contributed by atoms with E-state index in [1.807, 2.05) is 18.2 Å². The molecule has 0 amide bonds. The van der Waals surface area contributed by atoms with Gasteiger partial charge < -0.3 is 5.32 Å². The number of nitrogens with zero attached hydrogens (tertiary/aromatic N) is 4. The van der Waals surface area contributed by atoms with Crippen molar-refractivity contribution in [2.24, 2.45) is 13.0 Å². The van der Waals surface area contributed by atoms with Crippen molar-refractivity contribution in [3.63, 3.8) is 0 Å². The van der Waals surface area contributed by atoms with Crippen LogP contribution in [0.5, 0.6) is 0 Å². The largest absolute Gasteiger partial charge is 0.360 e. The summed E-state index contributed by atoms with van der Waals surface area (Å²) in [4.78, 5) is 13.3. The fraction of sp³-hybridized carbons (Fsp3) is 0.471. The van der Waals surface area contributed by atoms with Gasteiger partial charge in [0.1, 0.15) is 5.69 Å². The van der Waals surface area contributed by atoms with Crippen molar-refractivity contribution in [3.8, 4) is 0 Å². The zero-order valence-corrected chi connectivity index (χ0v) is 14.3. The molecule has 1 aliphatic heterocycles. The van der Waals surface area contributed by atoms with Gasteiger partial charge >= 0.3 is 5.69 Å². The average molecular weight is 329 g/mol. The Morgan fingerprint density at radius 3 is 2.71 bits per heavy atom. The number of nitro groups is 1. The predicted molar refractivity (Wildman–Crippen MR) is 92.9 cm³/mol. The molecule has 0 spiro atoms. The highest BCUT2D eigenvalue weighted by Crippen LogP contribution is 2.30. The number of anilines is 1. The van der Waals surface area contributed by atoms with E-state index >= 15 is 0 Å². The van der Waals surface area contributed by atoms with Gasteiger partial charge in [-0.25, -0.2) is 4.68 Å². The highest BCUT2D eigenvalue weighted by atomic mass is 16.6. The van der Waals surface area contributed by atoms with Crippen LogP contribution in [0.1, 0.15) is 18.2 Å². The Labute approximate surface area is 141 Å². The second-order valence-corrected chi connectivity index (χ2v) is 6.57. The molecule has 1 aromatic heterocycles. The Hall–Kier alpha value is -2.41. The van der Waals surface area contributed by atoms with Crippen molar-refractivity contribution in [2.45, 2.75) is 26.4 Å². The van der Waals surface area contributed by atoms with E-state index in [4.69, 9.17) is 0 Å². The van der Waals surface area contributed by atoms with Crippen molar-refractivity contribution < 1.29 is 4.92 Å². The van der Waals surface area contributed by atoms with Crippen LogP contribution in [0.15, 0.2) is 30.3 Å². The van der Waals surface area contributed by atoms with Gasteiger partial charge in [0.15, 0.2) is 0 Å². The molecular weight excluding hydrogens is 306 g/mol. The normalized spacial score (nSPS) is 21.1. The van der Waals surface area contributed by atoms with E-state index in [1.54, 1.807) is 18.7 Å². The molecule has 0 aliphatic carbocycles. The van der Waals surface area contributed by atoms with Crippen molar-refractivity contribution in [2.75, 3.05) is 18.4 Å². The molecule has 3 rings (SSSR count). The first kappa shape index (κ1) is 16.4. The highest BCUT2D eigenvalue weighted by molar-refractivity contribution is 5.60. The number of nitrogens with one attached hydrogen (secondary N) is 1. The maximum absolute atomic E-state index is 11.3. The second-order valence-electron chi connectivity index (χ2n) is 6.57. The summed E-state index contributed by atoms with van der Waals surface area (Å²) in [5.74, 6) is 0.902. The van der Waals surface area contributed by atoms with Crippen LogP contribution in [0, 0.1) is 23.0 Å². The molecule has 0 saturated carbocycles. The molecule has 2 unspecified atom stereocenters. The summed E-state index contributed by atoms with van der Waals surface area (Å²) in [6.45, 7) is 6.57. The molecule has 0 radical (unpaired) electrons. The maximum Gasteiger partial charge on any atom is 0.333 e. The Bertz CT molecular complexity index is 728. The topological polar surface area (TPSA) is 76.2 Å². The van der Waals surface area contributed by atoms with E-state index in [0.717, 1.165) is 19.6 Å². The maximum atomic E-state index is 11.3. The summed E-state index contributed by atoms with van der Waals surface area (Å²) < 4.78 is 1.57. The molecule has 0 bridgehead atoms. The zero-order chi connectivity index (χ0) is 17.3. The third kappa shape index (κ3) is 3.26. The number of likely N-dealkylation sites (tertiary alicyclic amines) is 1. The molecule has 7 heteroatoms. The lowest BCUT2D eigenvalue weighted by molar-refractivity contribution is -0.384. The Morgan fingerprint density at radius 1 is 1.33 bits per heavy atom. The quantitative estimate of drug-likeness (QED) is 0.674. The molecule has 1 aromatic carbocycles. The standard InChI is InChI=1S/C17H23N5O2/c1-12-9-21(10-14-7-5-4-6-8-14)11-15(12)18-17-16(22(23)24)13(2)19-20(17)3/h4-8,12,15,18H,9-11H2,1-3H3. The Kier molecular flexibility index (Phi) is 4.53. The second kappa shape index (κ2) is 6.60. The van der Waals surface area contributed by atoms with Gasteiger partial charge in [0.2, 0.25) is 5.82 Å². The lowest BCUT2D eigenvalue weighted by atomic mass is 10.1. The summed E-state index contributed by atoms with van der Waals surface area (Å²) in [6.07, 6.45) is 0. The lowest BCUT2D eigenvalue weighted by Crippen LogP contribution is -2.29. The van der Waals surface area contributed by atoms with Crippen molar-refractivity contribution in [1.29, 1.82) is 0 Å². The first-order valence-electron chi connectivity index (χ1n) is 8.16. The van der Waals surface area contributed by atoms with Crippen LogP contribution in [-0.2, 0) is 13.6 Å². The minimum Gasteiger partial charge on any atom is -0.360 e. The molecule has 2 atom stereocenters. The number of hydrogen-bond donors (Lipinski definition) is 1. The third-order valence-electron chi connectivity index (χ3n) is 4.63. The van der Waals surface area contributed by atoms with E-state index in [2.05, 4.69) is 34.4 Å². The molecule has 2 aromatic rings. The Balaban J connectivity index is 1.72. The minimum atomic E-state index is -0.355. The van der Waals surface area contributed by atoms with E-state index in [1.165, 1.54) is 5.56 Å². The zero-order valence-electron chi connectivity index (χ0n) is 14.3. The number of aryl methyl sites for hydroxylation is 2. The highest BCUT2D eigenvalue weighted by Gasteiger charge is 2.33. The van der Waals surface area contributed by atoms with E-state index in [-0.39, 0.29) is 16.7 Å². The first-order valence-corrected chi connectivity index (χ1v) is 8.16. The monoisotopic (exact) mass is 329 g/mol. The van der Waals surface area contributed by atoms with Crippen LogP contribution in [0.25, 0.3) is 0 Å². The van der Waals surface area contributed by atoms with E-state index in [9.17, 15) is 10.1 Å². The molecule has 2 heterocycles. The summed E-state index contributed by atoms with van der Waals surface area (Å²) >= 11 is 0. The molecule has 24 heavy (non-hydrogen) atoms. The number of hydrogen-bond acceptors (Lipinski definition) is 5. The summed E-state index contributed by atoms with van der Waals surface area (Å²) in [5, 5.41) is 18.9. The lowest BCUT2D eigenvalue weighted by Gasteiger charge is -2.18. The smallest absolute Gasteiger partial charge is 0.333 e. The van der Waals surface area contributed by atoms with Gasteiger partial charge in [-0.15, -0.1) is 0 Å². The third-order valence-corrected chi connectivity index (χ3v) is 4.63. The van der Waals surface area contributed by atoms with E-state index in [0.29, 0.717) is 17.4 Å². The van der Waals surface area contributed by atoms with Gasteiger partial charge in [-0.1, -0.05) is 37.3 Å². The summed E-state index contributed by atoms with van der Waals surface area (Å²) in [5.41, 5.74) is 1.80. The molecule has 128 valence electrons. The molecule has 1 fully saturated rings. The number of benzene rings is 1. The van der Waals surface area contributed by atoms with Gasteiger partial charge in [0.25, 0.3) is 0 Å². The fourth-order valence-electron chi connectivity index (χ4n) is 3.43. The summed E-state index contributed by atoms with van der Waals surface area (Å²) in [6, 6.07) is 10.5. The van der Waals surface area contributed by atoms with Crippen molar-refractivity contribution >= 4 is 11.5 Å². The molecule has 1 N–H and O–H groups in total. The Morgan fingerprint density at radius 2 is 2.04 bits per heavy atom. The van der Waals surface area contributed by atoms with Crippen LogP contribution >= 0.6 is 0 Å². The molecule has 1 saturated heterocycles. The van der Waals surface area contributed by atoms with Gasteiger partial charge in [-0.05, 0) is 18.4 Å². The van der Waals surface area contributed by atoms with Crippen molar-refractivity contribution in [3.05, 3.63) is 51.7 Å². The SMILES string of the molecule is Cc1nn(C)c(NC2CN(Cc3ccccc3)CC2C)c1[N+](=O)[O-]. The predicted octanol–water partition coefficient (Wildman–Crippen LogP) is 2.57. The fourth-order valence-corrected chi connectivity index (χ4v) is 3.43. The van der Waals surface area contributed by atoms with E-state index < -0.39 is 0 Å². The molecule has 1 aliphatic rings. The number of aromatic nitrogens is 2. The minimum absolute atomic E-state index is 0.0752. The molecular formula is C17H23N5O2. The number of rotatable bonds is 5. The molecule has 7 nitrogen and oxygen atoms in total. The van der Waals surface area contributed by atoms with Gasteiger partial charge in [-0.2, -0.15) is 5.10 Å². The van der Waals surface area contributed by atoms with Crippen molar-refractivity contribution in [1.82, 2.24) is 14.7 Å². The average Bonchev–Trinajstić information content (AvgIpc) is 3.00. The van der Waals surface area contributed by atoms with Crippen LogP contribution in [0.4, 0.5) is 11.5 Å². The van der Waals surface area contributed by atoms with Crippen LogP contribution < -0.4 is 5.32 Å². The summed E-state index contributed by atoms with van der Waals surface area (Å²) in [7, 11) is 1.74. The van der Waals surface area contributed by atoms with Gasteiger partial charge in [0.05, 0.1) is 4.92 Å². The van der Waals surface area contributed by atoms with Crippen LogP contribution in [0.3, 0.4) is 0 Å². The van der Waals surface area contributed by atoms with Crippen LogP contribution in [0.2, 0.25) is 0 Å². The van der Waals surface area contributed by atoms with Gasteiger partial charge in [0, 0.05) is 32.7 Å².